The highest BCUT2D eigenvalue weighted by Crippen LogP contribution is 2.66. The molecule has 3 nitrogen and oxygen atoms in total. The molecular weight excluding hydrogens is 703 g/mol. The molecule has 2 atom stereocenters. The minimum Gasteiger partial charge on any atom is -0.359 e. The fraction of sp³-hybridized carbons (Fsp3) is 0.0364. The summed E-state index contributed by atoms with van der Waals surface area (Å²) in [6, 6.07) is 77.3. The highest BCUT2D eigenvalue weighted by atomic mass is 15.3. The Bertz CT molecular complexity index is 2990. The summed E-state index contributed by atoms with van der Waals surface area (Å²) in [4.78, 5) is 7.84. The Morgan fingerprint density at radius 3 is 1.79 bits per heavy atom. The number of para-hydroxylation sites is 2. The van der Waals surface area contributed by atoms with Crippen LogP contribution in [0.2, 0.25) is 0 Å². The Morgan fingerprint density at radius 2 is 0.983 bits per heavy atom. The first-order valence-electron chi connectivity index (χ1n) is 20.1. The second kappa shape index (κ2) is 12.8. The monoisotopic (exact) mass is 739 g/mol. The van der Waals surface area contributed by atoms with Gasteiger partial charge in [0.2, 0.25) is 0 Å². The lowest BCUT2D eigenvalue weighted by Gasteiger charge is -2.44. The summed E-state index contributed by atoms with van der Waals surface area (Å²) in [6.45, 7) is 0. The molecule has 2 aliphatic heterocycles. The lowest BCUT2D eigenvalue weighted by molar-refractivity contribution is 0.720. The van der Waals surface area contributed by atoms with Crippen molar-refractivity contribution in [1.29, 1.82) is 0 Å². The zero-order chi connectivity index (χ0) is 38.2. The van der Waals surface area contributed by atoms with Gasteiger partial charge in [-0.05, 0) is 91.5 Å². The van der Waals surface area contributed by atoms with Gasteiger partial charge >= 0.3 is 0 Å². The highest BCUT2D eigenvalue weighted by Gasteiger charge is 2.54. The van der Waals surface area contributed by atoms with E-state index in [1.54, 1.807) is 0 Å². The summed E-state index contributed by atoms with van der Waals surface area (Å²) in [7, 11) is 0. The minimum atomic E-state index is -0.513. The lowest BCUT2D eigenvalue weighted by atomic mass is 9.64. The van der Waals surface area contributed by atoms with Gasteiger partial charge in [-0.1, -0.05) is 182 Å². The number of nitrogens with one attached hydrogen (secondary N) is 1. The zero-order valence-electron chi connectivity index (χ0n) is 31.7. The van der Waals surface area contributed by atoms with E-state index in [2.05, 4.69) is 223 Å². The maximum Gasteiger partial charge on any atom is 0.130 e. The molecule has 3 heterocycles. The number of anilines is 3. The van der Waals surface area contributed by atoms with Gasteiger partial charge in [-0.25, -0.2) is 4.98 Å². The number of hydrogen-bond donors (Lipinski definition) is 1. The average molecular weight is 740 g/mol. The molecule has 1 N–H and O–H groups in total. The Morgan fingerprint density at radius 1 is 0.414 bits per heavy atom. The summed E-state index contributed by atoms with van der Waals surface area (Å²) < 4.78 is 0. The van der Waals surface area contributed by atoms with Crippen molar-refractivity contribution < 1.29 is 0 Å². The van der Waals surface area contributed by atoms with Crippen LogP contribution in [0.15, 0.2) is 212 Å². The molecule has 0 saturated carbocycles. The first-order chi connectivity index (χ1) is 28.8. The number of pyridine rings is 1. The molecule has 3 heteroatoms. The topological polar surface area (TPSA) is 28.2 Å². The molecule has 3 aliphatic rings. The molecule has 1 aromatic heterocycles. The van der Waals surface area contributed by atoms with E-state index in [-0.39, 0.29) is 6.17 Å². The molecule has 0 bridgehead atoms. The quantitative estimate of drug-likeness (QED) is 0.190. The lowest BCUT2D eigenvalue weighted by Crippen LogP contribution is -2.37. The third-order valence-corrected chi connectivity index (χ3v) is 12.5. The van der Waals surface area contributed by atoms with Gasteiger partial charge in [0.25, 0.3) is 0 Å². The molecule has 272 valence electrons. The summed E-state index contributed by atoms with van der Waals surface area (Å²) in [5.74, 6) is 0. The minimum absolute atomic E-state index is 0.0162. The molecule has 0 amide bonds. The molecule has 12 rings (SSSR count). The first kappa shape index (κ1) is 32.7. The Balaban J connectivity index is 1.07. The van der Waals surface area contributed by atoms with Gasteiger partial charge in [-0.3, -0.25) is 0 Å². The van der Waals surface area contributed by atoms with Gasteiger partial charge in [0, 0.05) is 16.8 Å². The van der Waals surface area contributed by atoms with Crippen LogP contribution in [0.25, 0.3) is 55.9 Å². The van der Waals surface area contributed by atoms with Crippen LogP contribution in [-0.2, 0) is 5.41 Å². The smallest absolute Gasteiger partial charge is 0.130 e. The fourth-order valence-electron chi connectivity index (χ4n) is 10.1. The van der Waals surface area contributed by atoms with Crippen LogP contribution < -0.4 is 10.2 Å². The zero-order valence-corrected chi connectivity index (χ0v) is 31.7. The van der Waals surface area contributed by atoms with Crippen molar-refractivity contribution in [3.8, 4) is 55.9 Å². The van der Waals surface area contributed by atoms with Crippen molar-refractivity contribution >= 4 is 17.1 Å². The van der Waals surface area contributed by atoms with Gasteiger partial charge in [-0.2, -0.15) is 0 Å². The number of benzene rings is 8. The second-order valence-electron chi connectivity index (χ2n) is 15.5. The van der Waals surface area contributed by atoms with Crippen molar-refractivity contribution in [1.82, 2.24) is 4.98 Å². The third-order valence-electron chi connectivity index (χ3n) is 12.5. The molecule has 0 fully saturated rings. The number of fused-ring (bicyclic) bond motifs is 9. The molecule has 2 unspecified atom stereocenters. The molecule has 0 saturated heterocycles. The Hall–Kier alpha value is -7.49. The second-order valence-corrected chi connectivity index (χ2v) is 15.5. The van der Waals surface area contributed by atoms with Crippen LogP contribution in [-0.4, -0.2) is 4.98 Å². The summed E-state index contributed by atoms with van der Waals surface area (Å²) in [5.41, 5.74) is 21.0. The third kappa shape index (κ3) is 4.71. The Kier molecular flexibility index (Phi) is 7.21. The van der Waals surface area contributed by atoms with Gasteiger partial charge in [0.1, 0.15) is 6.17 Å². The number of nitrogens with zero attached hydrogens (tertiary/aromatic N) is 2. The van der Waals surface area contributed by atoms with Crippen LogP contribution in [0.1, 0.15) is 34.0 Å². The molecule has 8 aromatic carbocycles. The van der Waals surface area contributed by atoms with E-state index < -0.39 is 5.41 Å². The van der Waals surface area contributed by atoms with Crippen LogP contribution in [0, 0.1) is 0 Å². The van der Waals surface area contributed by atoms with Crippen molar-refractivity contribution in [2.45, 2.75) is 11.6 Å². The molecule has 58 heavy (non-hydrogen) atoms. The van der Waals surface area contributed by atoms with E-state index in [1.807, 2.05) is 0 Å². The Labute approximate surface area is 338 Å². The van der Waals surface area contributed by atoms with E-state index in [0.29, 0.717) is 0 Å². The number of aromatic nitrogens is 1. The van der Waals surface area contributed by atoms with E-state index in [0.717, 1.165) is 33.8 Å². The van der Waals surface area contributed by atoms with Crippen molar-refractivity contribution in [2.24, 2.45) is 0 Å². The van der Waals surface area contributed by atoms with Crippen molar-refractivity contribution in [2.75, 3.05) is 10.2 Å². The van der Waals surface area contributed by atoms with Gasteiger partial charge in [-0.15, -0.1) is 0 Å². The van der Waals surface area contributed by atoms with E-state index in [9.17, 15) is 0 Å². The summed E-state index contributed by atoms with van der Waals surface area (Å²) in [6.07, 6.45) is -0.0162. The normalized spacial score (nSPS) is 16.6. The summed E-state index contributed by atoms with van der Waals surface area (Å²) >= 11 is 0. The average Bonchev–Trinajstić information content (AvgIpc) is 3.84. The molecule has 1 spiro atoms. The largest absolute Gasteiger partial charge is 0.359 e. The van der Waals surface area contributed by atoms with Gasteiger partial charge in [0.05, 0.1) is 28.2 Å². The van der Waals surface area contributed by atoms with Crippen molar-refractivity contribution in [3.63, 3.8) is 0 Å². The maximum absolute atomic E-state index is 5.30. The van der Waals surface area contributed by atoms with Gasteiger partial charge in [0.15, 0.2) is 0 Å². The van der Waals surface area contributed by atoms with E-state index in [4.69, 9.17) is 4.98 Å². The highest BCUT2D eigenvalue weighted by molar-refractivity contribution is 6.02. The SMILES string of the molecule is c1ccc(-c2cc(-c3ccccc3)nc(-c3cccc(-c4cccc5c4-c4ccccc4C54c5ccccc5N5c6c(cccc64)NC5c4ccccc4)c3)c2)cc1. The van der Waals surface area contributed by atoms with Crippen LogP contribution in [0.5, 0.6) is 0 Å². The molecular formula is C55H37N3. The first-order valence-corrected chi connectivity index (χ1v) is 20.1. The van der Waals surface area contributed by atoms with Crippen LogP contribution >= 0.6 is 0 Å². The van der Waals surface area contributed by atoms with Gasteiger partial charge < -0.3 is 10.2 Å². The van der Waals surface area contributed by atoms with Crippen LogP contribution in [0.4, 0.5) is 17.1 Å². The number of rotatable bonds is 5. The fourth-order valence-corrected chi connectivity index (χ4v) is 10.1. The molecule has 9 aromatic rings. The molecule has 1 aliphatic carbocycles. The van der Waals surface area contributed by atoms with E-state index >= 15 is 0 Å². The molecule has 0 radical (unpaired) electrons. The van der Waals surface area contributed by atoms with Crippen molar-refractivity contribution in [3.05, 3.63) is 240 Å². The standard InChI is InChI=1S/C55H37N3/c1-4-17-36(18-5-1)41-34-49(37-19-6-2-7-20-37)56-50(35-41)40-24-14-23-39(33-40)42-26-15-29-46-52(42)43-25-10-11-27-44(43)55(46)45-28-12-13-32-51(45)58-53-47(55)30-16-31-48(53)57-54(58)38-21-8-3-9-22-38/h1-35,54,57H. The van der Waals surface area contributed by atoms with E-state index in [1.165, 1.54) is 67.0 Å². The number of hydrogen-bond acceptors (Lipinski definition) is 3. The van der Waals surface area contributed by atoms with Crippen LogP contribution in [0.3, 0.4) is 0 Å². The summed E-state index contributed by atoms with van der Waals surface area (Å²) in [5, 5.41) is 3.94. The predicted octanol–water partition coefficient (Wildman–Crippen LogP) is 13.7. The predicted molar refractivity (Wildman–Crippen MR) is 238 cm³/mol. The maximum atomic E-state index is 5.30.